The topological polar surface area (TPSA) is 56.1 Å². The van der Waals surface area contributed by atoms with E-state index < -0.39 is 0 Å². The summed E-state index contributed by atoms with van der Waals surface area (Å²) in [6.45, 7) is 5.26. The summed E-state index contributed by atoms with van der Waals surface area (Å²) in [5, 5.41) is 4.45. The summed E-state index contributed by atoms with van der Waals surface area (Å²) < 4.78 is 8.07. The second-order valence-corrected chi connectivity index (χ2v) is 6.64. The van der Waals surface area contributed by atoms with Gasteiger partial charge in [0.05, 0.1) is 11.4 Å². The van der Waals surface area contributed by atoms with Gasteiger partial charge < -0.3 is 4.74 Å². The van der Waals surface area contributed by atoms with Gasteiger partial charge in [-0.15, -0.1) is 0 Å². The van der Waals surface area contributed by atoms with Crippen molar-refractivity contribution < 1.29 is 4.74 Å². The van der Waals surface area contributed by atoms with E-state index in [0.717, 1.165) is 31.7 Å². The van der Waals surface area contributed by atoms with E-state index in [-0.39, 0.29) is 6.04 Å². The second kappa shape index (κ2) is 7.66. The smallest absolute Gasteiger partial charge is 0.213 e. The summed E-state index contributed by atoms with van der Waals surface area (Å²) in [7, 11) is 0. The summed E-state index contributed by atoms with van der Waals surface area (Å²) in [6, 6.07) is 12.2. The fourth-order valence-corrected chi connectivity index (χ4v) is 3.35. The van der Waals surface area contributed by atoms with Gasteiger partial charge in [-0.3, -0.25) is 14.6 Å². The summed E-state index contributed by atoms with van der Waals surface area (Å²) in [5.41, 5.74) is 3.57. The molecule has 0 N–H and O–H groups in total. The van der Waals surface area contributed by atoms with Crippen molar-refractivity contribution in [2.75, 3.05) is 6.61 Å². The number of hydrogen-bond acceptors (Lipinski definition) is 5. The van der Waals surface area contributed by atoms with Crippen LogP contribution < -0.4 is 4.74 Å². The normalized spacial score (nSPS) is 17.5. The number of aryl methyl sites for hydroxylation is 2. The lowest BCUT2D eigenvalue weighted by molar-refractivity contribution is 0.114. The van der Waals surface area contributed by atoms with E-state index >= 15 is 0 Å². The first-order valence-electron chi connectivity index (χ1n) is 8.98. The van der Waals surface area contributed by atoms with Crippen LogP contribution in [0, 0.1) is 6.92 Å². The van der Waals surface area contributed by atoms with Crippen molar-refractivity contribution in [1.82, 2.24) is 24.6 Å². The molecule has 6 heteroatoms. The van der Waals surface area contributed by atoms with Gasteiger partial charge >= 0.3 is 0 Å². The molecule has 1 aliphatic heterocycles. The minimum Gasteiger partial charge on any atom is -0.476 e. The Morgan fingerprint density at radius 3 is 2.85 bits per heavy atom. The lowest BCUT2D eigenvalue weighted by atomic mass is 10.1. The molecule has 0 bridgehead atoms. The Kier molecular flexibility index (Phi) is 4.93. The molecule has 0 spiro atoms. The fraction of sp³-hybridized carbons (Fsp3) is 0.350. The predicted octanol–water partition coefficient (Wildman–Crippen LogP) is 2.84. The number of pyridine rings is 2. The molecule has 0 radical (unpaired) electrons. The first kappa shape index (κ1) is 16.7. The largest absolute Gasteiger partial charge is 0.476 e. The zero-order chi connectivity index (χ0) is 17.8. The molecule has 0 fully saturated rings. The standard InChI is InChI=1S/C20H23N5O/c1-16-5-4-10-21-19(16)14-24-13-17-7-11-23-25(17)12-8-18(24)15-26-20-6-2-3-9-22-20/h2-7,9-11,18H,8,12-15H2,1H3/t18-/m0/s1. The van der Waals surface area contributed by atoms with Gasteiger partial charge in [0.2, 0.25) is 5.88 Å². The maximum atomic E-state index is 5.97. The van der Waals surface area contributed by atoms with E-state index in [1.165, 1.54) is 11.3 Å². The lowest BCUT2D eigenvalue weighted by Gasteiger charge is -2.29. The van der Waals surface area contributed by atoms with Gasteiger partial charge in [0.15, 0.2) is 0 Å². The van der Waals surface area contributed by atoms with E-state index in [1.807, 2.05) is 36.7 Å². The molecule has 3 aromatic heterocycles. The Morgan fingerprint density at radius 1 is 1.08 bits per heavy atom. The molecule has 134 valence electrons. The van der Waals surface area contributed by atoms with Crippen LogP contribution in [0.3, 0.4) is 0 Å². The van der Waals surface area contributed by atoms with E-state index in [0.29, 0.717) is 12.5 Å². The molecular weight excluding hydrogens is 326 g/mol. The number of aromatic nitrogens is 4. The molecule has 26 heavy (non-hydrogen) atoms. The average molecular weight is 349 g/mol. The van der Waals surface area contributed by atoms with Gasteiger partial charge in [0.1, 0.15) is 6.61 Å². The molecule has 0 saturated carbocycles. The number of rotatable bonds is 5. The summed E-state index contributed by atoms with van der Waals surface area (Å²) >= 11 is 0. The van der Waals surface area contributed by atoms with Crippen molar-refractivity contribution in [3.63, 3.8) is 0 Å². The molecule has 6 nitrogen and oxygen atoms in total. The molecule has 0 unspecified atom stereocenters. The van der Waals surface area contributed by atoms with Crippen molar-refractivity contribution in [2.45, 2.75) is 39.0 Å². The average Bonchev–Trinajstić information content (AvgIpc) is 3.04. The zero-order valence-corrected chi connectivity index (χ0v) is 15.0. The van der Waals surface area contributed by atoms with Gasteiger partial charge in [0, 0.05) is 50.3 Å². The van der Waals surface area contributed by atoms with Crippen molar-refractivity contribution >= 4 is 0 Å². The third-order valence-electron chi connectivity index (χ3n) is 4.89. The molecule has 0 aliphatic carbocycles. The predicted molar refractivity (Wildman–Crippen MR) is 98.6 cm³/mol. The van der Waals surface area contributed by atoms with Crippen molar-refractivity contribution in [1.29, 1.82) is 0 Å². The van der Waals surface area contributed by atoms with Gasteiger partial charge in [-0.25, -0.2) is 4.98 Å². The molecule has 0 saturated heterocycles. The van der Waals surface area contributed by atoms with Crippen LogP contribution >= 0.6 is 0 Å². The highest BCUT2D eigenvalue weighted by Crippen LogP contribution is 2.21. The molecule has 1 atom stereocenters. The highest BCUT2D eigenvalue weighted by atomic mass is 16.5. The number of ether oxygens (including phenoxy) is 1. The van der Waals surface area contributed by atoms with E-state index in [9.17, 15) is 0 Å². The van der Waals surface area contributed by atoms with Crippen LogP contribution in [-0.2, 0) is 19.6 Å². The SMILES string of the molecule is Cc1cccnc1CN1Cc2ccnn2CC[C@H]1COc1ccccn1. The number of nitrogens with zero attached hydrogens (tertiary/aromatic N) is 5. The van der Waals surface area contributed by atoms with Gasteiger partial charge in [-0.05, 0) is 37.1 Å². The van der Waals surface area contributed by atoms with Crippen LogP contribution in [0.5, 0.6) is 5.88 Å². The summed E-state index contributed by atoms with van der Waals surface area (Å²) in [6.07, 6.45) is 6.48. The van der Waals surface area contributed by atoms with Gasteiger partial charge in [-0.1, -0.05) is 12.1 Å². The van der Waals surface area contributed by atoms with Crippen molar-refractivity contribution in [3.8, 4) is 5.88 Å². The Hall–Kier alpha value is -2.73. The van der Waals surface area contributed by atoms with Crippen LogP contribution in [-0.4, -0.2) is 37.3 Å². The number of hydrogen-bond donors (Lipinski definition) is 0. The third kappa shape index (κ3) is 3.75. The van der Waals surface area contributed by atoms with Crippen LogP contribution in [0.2, 0.25) is 0 Å². The Labute approximate surface area is 153 Å². The second-order valence-electron chi connectivity index (χ2n) is 6.64. The van der Waals surface area contributed by atoms with Gasteiger partial charge in [0.25, 0.3) is 0 Å². The molecule has 3 aromatic rings. The van der Waals surface area contributed by atoms with Crippen molar-refractivity contribution in [2.24, 2.45) is 0 Å². The number of fused-ring (bicyclic) bond motifs is 1. The fourth-order valence-electron chi connectivity index (χ4n) is 3.35. The first-order chi connectivity index (χ1) is 12.8. The molecule has 4 heterocycles. The van der Waals surface area contributed by atoms with Crippen molar-refractivity contribution in [3.05, 3.63) is 71.9 Å². The lowest BCUT2D eigenvalue weighted by Crippen LogP contribution is -2.38. The minimum atomic E-state index is 0.278. The van der Waals surface area contributed by atoms with Crippen LogP contribution in [0.1, 0.15) is 23.4 Å². The third-order valence-corrected chi connectivity index (χ3v) is 4.89. The highest BCUT2D eigenvalue weighted by molar-refractivity contribution is 5.18. The zero-order valence-electron chi connectivity index (χ0n) is 15.0. The maximum absolute atomic E-state index is 5.97. The van der Waals surface area contributed by atoms with Gasteiger partial charge in [-0.2, -0.15) is 5.10 Å². The molecule has 4 rings (SSSR count). The van der Waals surface area contributed by atoms with E-state index in [4.69, 9.17) is 4.74 Å². The maximum Gasteiger partial charge on any atom is 0.213 e. The van der Waals surface area contributed by atoms with Crippen LogP contribution in [0.4, 0.5) is 0 Å². The quantitative estimate of drug-likeness (QED) is 0.709. The monoisotopic (exact) mass is 349 g/mol. The van der Waals surface area contributed by atoms with Crippen LogP contribution in [0.25, 0.3) is 0 Å². The Balaban J connectivity index is 1.53. The van der Waals surface area contributed by atoms with E-state index in [1.54, 1.807) is 6.20 Å². The summed E-state index contributed by atoms with van der Waals surface area (Å²) in [4.78, 5) is 11.3. The Bertz CT molecular complexity index is 848. The van der Waals surface area contributed by atoms with E-state index in [2.05, 4.69) is 43.7 Å². The molecule has 0 aromatic carbocycles. The molecular formula is C20H23N5O. The highest BCUT2D eigenvalue weighted by Gasteiger charge is 2.25. The van der Waals surface area contributed by atoms with Crippen LogP contribution in [0.15, 0.2) is 55.0 Å². The minimum absolute atomic E-state index is 0.278. The molecule has 0 amide bonds. The first-order valence-corrected chi connectivity index (χ1v) is 8.98. The Morgan fingerprint density at radius 2 is 2.00 bits per heavy atom. The summed E-state index contributed by atoms with van der Waals surface area (Å²) in [5.74, 6) is 0.670. The molecule has 1 aliphatic rings.